The van der Waals surface area contributed by atoms with Gasteiger partial charge in [0.1, 0.15) is 5.60 Å². The summed E-state index contributed by atoms with van der Waals surface area (Å²) in [6, 6.07) is 2.47. The Morgan fingerprint density at radius 2 is 1.88 bits per heavy atom. The van der Waals surface area contributed by atoms with Crippen LogP contribution in [0.15, 0.2) is 30.4 Å². The number of alkyl halides is 3. The molecule has 0 spiro atoms. The average molecular weight is 388 g/mol. The minimum atomic E-state index is -4.65. The standard InChI is InChI=1S/C17H13ClF3NO4/c1-15-4-5-16(7-23,26-15)12-11(15)13(24)22(14(12)25)10-6-8(17(19,20)21)2-3-9(10)18/h2-6,11-12,23H,7H2,1H3/t11-,12-,15+,16+/m1/s1. The molecule has 2 fully saturated rings. The monoisotopic (exact) mass is 387 g/mol. The van der Waals surface area contributed by atoms with Crippen molar-refractivity contribution in [1.29, 1.82) is 0 Å². The number of nitrogens with zero attached hydrogens (tertiary/aromatic N) is 1. The molecule has 2 bridgehead atoms. The Morgan fingerprint density at radius 1 is 1.23 bits per heavy atom. The number of anilines is 1. The summed E-state index contributed by atoms with van der Waals surface area (Å²) in [7, 11) is 0. The predicted molar refractivity (Wildman–Crippen MR) is 84.4 cm³/mol. The summed E-state index contributed by atoms with van der Waals surface area (Å²) in [6.45, 7) is 1.08. The van der Waals surface area contributed by atoms with Crippen molar-refractivity contribution < 1.29 is 32.6 Å². The number of carbonyl (C=O) groups excluding carboxylic acids is 2. The molecule has 9 heteroatoms. The van der Waals surface area contributed by atoms with Crippen LogP contribution in [0, 0.1) is 11.8 Å². The van der Waals surface area contributed by atoms with Crippen LogP contribution < -0.4 is 4.90 Å². The van der Waals surface area contributed by atoms with Crippen LogP contribution in [0.3, 0.4) is 0 Å². The Labute approximate surface area is 151 Å². The summed E-state index contributed by atoms with van der Waals surface area (Å²) in [5.74, 6) is -3.37. The molecule has 0 unspecified atom stereocenters. The molecule has 0 saturated carbocycles. The van der Waals surface area contributed by atoms with Gasteiger partial charge in [0, 0.05) is 0 Å². The zero-order chi connectivity index (χ0) is 19.1. The highest BCUT2D eigenvalue weighted by atomic mass is 35.5. The SMILES string of the molecule is C[C@@]12C=C[C@@](CO)(O1)[C@H]1C(=O)N(c3cc(C(F)(F)F)ccc3Cl)C(=O)[C@@H]12. The van der Waals surface area contributed by atoms with E-state index in [-0.39, 0.29) is 10.7 Å². The average Bonchev–Trinajstić information content (AvgIpc) is 3.13. The molecule has 0 aromatic heterocycles. The number of hydrogen-bond acceptors (Lipinski definition) is 4. The van der Waals surface area contributed by atoms with Crippen molar-refractivity contribution in [2.24, 2.45) is 11.8 Å². The normalized spacial score (nSPS) is 35.5. The van der Waals surface area contributed by atoms with E-state index in [9.17, 15) is 27.9 Å². The highest BCUT2D eigenvalue weighted by Gasteiger charge is 2.72. The first-order valence-corrected chi connectivity index (χ1v) is 8.18. The van der Waals surface area contributed by atoms with Crippen LogP contribution in [0.2, 0.25) is 5.02 Å². The number of halogens is 4. The van der Waals surface area contributed by atoms with E-state index in [1.165, 1.54) is 6.08 Å². The van der Waals surface area contributed by atoms with Crippen LogP contribution in [0.5, 0.6) is 0 Å². The van der Waals surface area contributed by atoms with Crippen LogP contribution in [0.25, 0.3) is 0 Å². The number of rotatable bonds is 2. The molecule has 3 aliphatic heterocycles. The van der Waals surface area contributed by atoms with Gasteiger partial charge < -0.3 is 9.84 Å². The Morgan fingerprint density at radius 3 is 2.50 bits per heavy atom. The third-order valence-electron chi connectivity index (χ3n) is 5.32. The van der Waals surface area contributed by atoms with Gasteiger partial charge in [-0.2, -0.15) is 13.2 Å². The number of aliphatic hydroxyl groups excluding tert-OH is 1. The highest BCUT2D eigenvalue weighted by molar-refractivity contribution is 6.36. The number of fused-ring (bicyclic) bond motifs is 5. The van der Waals surface area contributed by atoms with E-state index in [2.05, 4.69) is 0 Å². The minimum absolute atomic E-state index is 0.149. The number of carbonyl (C=O) groups is 2. The second-order valence-corrected chi connectivity index (χ2v) is 7.27. The van der Waals surface area contributed by atoms with Crippen LogP contribution in [0.1, 0.15) is 12.5 Å². The maximum Gasteiger partial charge on any atom is 0.416 e. The summed E-state index contributed by atoms with van der Waals surface area (Å²) in [5, 5.41) is 9.59. The van der Waals surface area contributed by atoms with Crippen molar-refractivity contribution in [3.63, 3.8) is 0 Å². The Bertz CT molecular complexity index is 870. The minimum Gasteiger partial charge on any atom is -0.393 e. The molecule has 4 atom stereocenters. The first-order chi connectivity index (χ1) is 12.0. The summed E-state index contributed by atoms with van der Waals surface area (Å²) < 4.78 is 44.8. The van der Waals surface area contributed by atoms with Gasteiger partial charge in [-0.1, -0.05) is 23.8 Å². The van der Waals surface area contributed by atoms with E-state index in [1.807, 2.05) is 0 Å². The van der Waals surface area contributed by atoms with Crippen molar-refractivity contribution in [2.45, 2.75) is 24.3 Å². The van der Waals surface area contributed by atoms with E-state index in [1.54, 1.807) is 13.0 Å². The molecule has 3 aliphatic rings. The quantitative estimate of drug-likeness (QED) is 0.625. The number of ether oxygens (including phenoxy) is 1. The van der Waals surface area contributed by atoms with Crippen LogP contribution in [0.4, 0.5) is 18.9 Å². The Hall–Kier alpha value is -1.90. The second-order valence-electron chi connectivity index (χ2n) is 6.86. The highest BCUT2D eigenvalue weighted by Crippen LogP contribution is 2.58. The van der Waals surface area contributed by atoms with Crippen molar-refractivity contribution in [3.05, 3.63) is 40.9 Å². The van der Waals surface area contributed by atoms with Gasteiger partial charge in [0.2, 0.25) is 11.8 Å². The van der Waals surface area contributed by atoms with Gasteiger partial charge in [-0.3, -0.25) is 9.59 Å². The molecule has 1 N–H and O–H groups in total. The molecule has 5 nitrogen and oxygen atoms in total. The van der Waals surface area contributed by atoms with Gasteiger partial charge in [-0.05, 0) is 25.1 Å². The lowest BCUT2D eigenvalue weighted by atomic mass is 9.73. The maximum absolute atomic E-state index is 13.0. The fourth-order valence-electron chi connectivity index (χ4n) is 4.14. The molecule has 1 aromatic rings. The van der Waals surface area contributed by atoms with E-state index in [4.69, 9.17) is 16.3 Å². The topological polar surface area (TPSA) is 66.8 Å². The van der Waals surface area contributed by atoms with Crippen LogP contribution in [-0.4, -0.2) is 34.7 Å². The van der Waals surface area contributed by atoms with Crippen molar-refractivity contribution in [2.75, 3.05) is 11.5 Å². The van der Waals surface area contributed by atoms with Gasteiger partial charge in [-0.15, -0.1) is 0 Å². The first kappa shape index (κ1) is 17.5. The number of benzene rings is 1. The smallest absolute Gasteiger partial charge is 0.393 e. The Balaban J connectivity index is 1.82. The molecule has 4 rings (SSSR count). The zero-order valence-electron chi connectivity index (χ0n) is 13.4. The van der Waals surface area contributed by atoms with E-state index < -0.39 is 53.2 Å². The number of imide groups is 1. The summed E-state index contributed by atoms with van der Waals surface area (Å²) in [4.78, 5) is 26.6. The lowest BCUT2D eigenvalue weighted by molar-refractivity contribution is -0.138. The van der Waals surface area contributed by atoms with E-state index in [0.717, 1.165) is 12.1 Å². The molecule has 0 aliphatic carbocycles. The molecule has 2 amide bonds. The molecular weight excluding hydrogens is 375 g/mol. The number of aliphatic hydroxyl groups is 1. The molecule has 1 aromatic carbocycles. The van der Waals surface area contributed by atoms with Crippen molar-refractivity contribution in [1.82, 2.24) is 0 Å². The third kappa shape index (κ3) is 2.06. The van der Waals surface area contributed by atoms with Crippen molar-refractivity contribution in [3.8, 4) is 0 Å². The van der Waals surface area contributed by atoms with Gasteiger partial charge in [0.15, 0.2) is 0 Å². The fraction of sp³-hybridized carbons (Fsp3) is 0.412. The fourth-order valence-corrected chi connectivity index (χ4v) is 4.34. The molecule has 3 heterocycles. The zero-order valence-corrected chi connectivity index (χ0v) is 14.1. The summed E-state index contributed by atoms with van der Waals surface area (Å²) in [5.41, 5.74) is -3.80. The van der Waals surface area contributed by atoms with Gasteiger partial charge in [-0.25, -0.2) is 4.90 Å². The van der Waals surface area contributed by atoms with Crippen LogP contribution >= 0.6 is 11.6 Å². The molecule has 0 radical (unpaired) electrons. The lowest BCUT2D eigenvalue weighted by Gasteiger charge is -2.27. The van der Waals surface area contributed by atoms with E-state index in [0.29, 0.717) is 11.0 Å². The van der Waals surface area contributed by atoms with Gasteiger partial charge >= 0.3 is 6.18 Å². The molecular formula is C17H13ClF3NO4. The molecule has 26 heavy (non-hydrogen) atoms. The third-order valence-corrected chi connectivity index (χ3v) is 5.64. The van der Waals surface area contributed by atoms with Gasteiger partial charge in [0.25, 0.3) is 0 Å². The van der Waals surface area contributed by atoms with E-state index >= 15 is 0 Å². The largest absolute Gasteiger partial charge is 0.416 e. The van der Waals surface area contributed by atoms with Gasteiger partial charge in [0.05, 0.1) is 40.3 Å². The summed E-state index contributed by atoms with van der Waals surface area (Å²) in [6.07, 6.45) is -1.51. The number of hydrogen-bond donors (Lipinski definition) is 1. The van der Waals surface area contributed by atoms with Crippen LogP contribution in [-0.2, 0) is 20.5 Å². The summed E-state index contributed by atoms with van der Waals surface area (Å²) >= 11 is 6.00. The Kier molecular flexibility index (Phi) is 3.43. The number of amides is 2. The predicted octanol–water partition coefficient (Wildman–Crippen LogP) is 2.55. The molecule has 138 valence electrons. The first-order valence-electron chi connectivity index (χ1n) is 7.80. The molecule has 2 saturated heterocycles. The maximum atomic E-state index is 13.0. The van der Waals surface area contributed by atoms with Crippen molar-refractivity contribution >= 4 is 29.1 Å². The lowest BCUT2D eigenvalue weighted by Crippen LogP contribution is -2.43. The second kappa shape index (κ2) is 5.09.